The van der Waals surface area contributed by atoms with Crippen molar-refractivity contribution < 1.29 is 8.83 Å². The van der Waals surface area contributed by atoms with Crippen LogP contribution in [0.2, 0.25) is 0 Å². The van der Waals surface area contributed by atoms with Gasteiger partial charge in [0.25, 0.3) is 0 Å². The molecule has 1 aliphatic heterocycles. The highest BCUT2D eigenvalue weighted by molar-refractivity contribution is 8.12. The first-order valence-corrected chi connectivity index (χ1v) is 5.63. The second-order valence-corrected chi connectivity index (χ2v) is 4.28. The van der Waals surface area contributed by atoms with Crippen molar-refractivity contribution in [2.75, 3.05) is 0 Å². The van der Waals surface area contributed by atoms with Crippen LogP contribution in [-0.2, 0) is 0 Å². The van der Waals surface area contributed by atoms with Crippen molar-refractivity contribution in [3.8, 4) is 0 Å². The Labute approximate surface area is 91.2 Å². The topological polar surface area (TPSA) is 38.6 Å². The Morgan fingerprint density at radius 3 is 2.47 bits per heavy atom. The van der Waals surface area contributed by atoms with Crippen LogP contribution in [0, 0.1) is 0 Å². The number of nitrogens with zero attached hydrogens (tertiary/aromatic N) is 1. The first-order valence-electron chi connectivity index (χ1n) is 4.69. The quantitative estimate of drug-likeness (QED) is 0.776. The molecule has 0 amide bonds. The van der Waals surface area contributed by atoms with Crippen molar-refractivity contribution in [3.05, 3.63) is 48.3 Å². The lowest BCUT2D eigenvalue weighted by atomic mass is 10.1. The molecular weight excluding hydrogens is 210 g/mol. The predicted octanol–water partition coefficient (Wildman–Crippen LogP) is 3.43. The number of rotatable bonds is 2. The fourth-order valence-electron chi connectivity index (χ4n) is 1.68. The molecule has 2 aromatic heterocycles. The van der Waals surface area contributed by atoms with Crippen LogP contribution in [0.25, 0.3) is 0 Å². The van der Waals surface area contributed by atoms with Gasteiger partial charge in [-0.1, -0.05) is 0 Å². The highest BCUT2D eigenvalue weighted by Gasteiger charge is 2.31. The number of aliphatic imine (C=N–C) groups is 1. The number of thioether (sulfide) groups is 1. The summed E-state index contributed by atoms with van der Waals surface area (Å²) in [4.78, 5) is 4.40. The van der Waals surface area contributed by atoms with Gasteiger partial charge in [0, 0.05) is 0 Å². The molecule has 0 saturated heterocycles. The standard InChI is InChI=1S/C11H9NO2S/c1-3-8(13-5-1)10-11(15-7-12-10)9-4-2-6-14-9/h1-7,10-11H. The molecule has 3 heterocycles. The molecule has 0 spiro atoms. The monoisotopic (exact) mass is 219 g/mol. The molecule has 76 valence electrons. The summed E-state index contributed by atoms with van der Waals surface area (Å²) in [5, 5.41) is 0.200. The normalized spacial score (nSPS) is 24.8. The number of furan rings is 2. The molecule has 3 rings (SSSR count). The summed E-state index contributed by atoms with van der Waals surface area (Å²) in [5.74, 6) is 1.83. The summed E-state index contributed by atoms with van der Waals surface area (Å²) < 4.78 is 10.8. The smallest absolute Gasteiger partial charge is 0.129 e. The maximum absolute atomic E-state index is 5.40. The third-order valence-corrected chi connectivity index (χ3v) is 3.40. The van der Waals surface area contributed by atoms with Gasteiger partial charge < -0.3 is 8.83 Å². The van der Waals surface area contributed by atoms with Crippen LogP contribution in [0.5, 0.6) is 0 Å². The summed E-state index contributed by atoms with van der Waals surface area (Å²) in [6.07, 6.45) is 3.36. The van der Waals surface area contributed by atoms with Gasteiger partial charge in [0.1, 0.15) is 17.6 Å². The molecule has 3 nitrogen and oxygen atoms in total. The summed E-state index contributed by atoms with van der Waals surface area (Å²) in [7, 11) is 0. The van der Waals surface area contributed by atoms with Crippen molar-refractivity contribution in [3.63, 3.8) is 0 Å². The summed E-state index contributed by atoms with van der Waals surface area (Å²) in [6.45, 7) is 0. The maximum Gasteiger partial charge on any atom is 0.129 e. The molecule has 4 heteroatoms. The van der Waals surface area contributed by atoms with E-state index in [0.717, 1.165) is 11.5 Å². The Morgan fingerprint density at radius 1 is 1.07 bits per heavy atom. The molecule has 15 heavy (non-hydrogen) atoms. The lowest BCUT2D eigenvalue weighted by Crippen LogP contribution is -1.99. The predicted molar refractivity (Wildman–Crippen MR) is 59.0 cm³/mol. The summed E-state index contributed by atoms with van der Waals surface area (Å²) >= 11 is 1.66. The van der Waals surface area contributed by atoms with Gasteiger partial charge in [0.05, 0.1) is 23.3 Å². The van der Waals surface area contributed by atoms with E-state index in [-0.39, 0.29) is 11.3 Å². The molecule has 2 atom stereocenters. The molecule has 0 radical (unpaired) electrons. The molecule has 0 aromatic carbocycles. The van der Waals surface area contributed by atoms with Gasteiger partial charge in [0.2, 0.25) is 0 Å². The lowest BCUT2D eigenvalue weighted by Gasteiger charge is -2.12. The van der Waals surface area contributed by atoms with Gasteiger partial charge in [-0.2, -0.15) is 0 Å². The highest BCUT2D eigenvalue weighted by Crippen LogP contribution is 2.45. The van der Waals surface area contributed by atoms with E-state index in [1.54, 1.807) is 24.3 Å². The molecule has 2 aromatic rings. The SMILES string of the molecule is C1=NC(c2ccco2)C(c2ccco2)S1. The molecule has 0 fully saturated rings. The van der Waals surface area contributed by atoms with Crippen LogP contribution in [0.15, 0.2) is 50.6 Å². The fraction of sp³-hybridized carbons (Fsp3) is 0.182. The van der Waals surface area contributed by atoms with Crippen LogP contribution in [0.3, 0.4) is 0 Å². The molecule has 0 bridgehead atoms. The van der Waals surface area contributed by atoms with E-state index in [9.17, 15) is 0 Å². The molecule has 0 saturated carbocycles. The summed E-state index contributed by atoms with van der Waals surface area (Å²) in [6, 6.07) is 7.74. The van der Waals surface area contributed by atoms with Crippen molar-refractivity contribution in [2.45, 2.75) is 11.3 Å². The Kier molecular flexibility index (Phi) is 2.14. The minimum absolute atomic E-state index is 0.0381. The van der Waals surface area contributed by atoms with Crippen LogP contribution >= 0.6 is 11.8 Å². The Balaban J connectivity index is 1.92. The van der Waals surface area contributed by atoms with E-state index in [2.05, 4.69) is 4.99 Å². The third-order valence-electron chi connectivity index (χ3n) is 2.37. The van der Waals surface area contributed by atoms with Gasteiger partial charge >= 0.3 is 0 Å². The zero-order chi connectivity index (χ0) is 10.1. The maximum atomic E-state index is 5.40. The molecule has 2 unspecified atom stereocenters. The van der Waals surface area contributed by atoms with Gasteiger partial charge in [0.15, 0.2) is 0 Å². The Bertz CT molecular complexity index is 447. The minimum Gasteiger partial charge on any atom is -0.468 e. The minimum atomic E-state index is 0.0381. The van der Waals surface area contributed by atoms with Crippen molar-refractivity contribution >= 4 is 17.3 Å². The molecule has 0 N–H and O–H groups in total. The first kappa shape index (κ1) is 8.85. The second kappa shape index (κ2) is 3.62. The van der Waals surface area contributed by atoms with Crippen LogP contribution in [0.4, 0.5) is 0 Å². The molecular formula is C11H9NO2S. The molecule has 0 aliphatic carbocycles. The van der Waals surface area contributed by atoms with Crippen molar-refractivity contribution in [1.29, 1.82) is 0 Å². The number of hydrogen-bond acceptors (Lipinski definition) is 4. The van der Waals surface area contributed by atoms with Gasteiger partial charge in [-0.3, -0.25) is 4.99 Å². The largest absolute Gasteiger partial charge is 0.468 e. The Hall–Kier alpha value is -1.42. The van der Waals surface area contributed by atoms with Crippen molar-refractivity contribution in [2.24, 2.45) is 4.99 Å². The summed E-state index contributed by atoms with van der Waals surface area (Å²) in [5.41, 5.74) is 1.86. The number of hydrogen-bond donors (Lipinski definition) is 0. The molecule has 1 aliphatic rings. The van der Waals surface area contributed by atoms with Crippen LogP contribution < -0.4 is 0 Å². The van der Waals surface area contributed by atoms with Gasteiger partial charge in [-0.25, -0.2) is 0 Å². The van der Waals surface area contributed by atoms with Crippen molar-refractivity contribution in [1.82, 2.24) is 0 Å². The second-order valence-electron chi connectivity index (χ2n) is 3.29. The van der Waals surface area contributed by atoms with Crippen LogP contribution in [0.1, 0.15) is 22.8 Å². The Morgan fingerprint density at radius 2 is 1.80 bits per heavy atom. The van der Waals surface area contributed by atoms with E-state index in [1.807, 2.05) is 29.8 Å². The highest BCUT2D eigenvalue weighted by atomic mass is 32.2. The van der Waals surface area contributed by atoms with Gasteiger partial charge in [-0.15, -0.1) is 11.8 Å². The van der Waals surface area contributed by atoms with Gasteiger partial charge in [-0.05, 0) is 24.3 Å². The zero-order valence-corrected chi connectivity index (χ0v) is 8.68. The van der Waals surface area contributed by atoms with E-state index in [0.29, 0.717) is 0 Å². The average molecular weight is 219 g/mol. The average Bonchev–Trinajstić information content (AvgIpc) is 3.01. The third kappa shape index (κ3) is 1.51. The van der Waals surface area contributed by atoms with E-state index < -0.39 is 0 Å². The zero-order valence-electron chi connectivity index (χ0n) is 7.87. The van der Waals surface area contributed by atoms with Crippen LogP contribution in [-0.4, -0.2) is 5.55 Å². The van der Waals surface area contributed by atoms with E-state index in [4.69, 9.17) is 8.83 Å². The lowest BCUT2D eigenvalue weighted by molar-refractivity contribution is 0.432. The fourth-order valence-corrected chi connectivity index (χ4v) is 2.63. The van der Waals surface area contributed by atoms with E-state index in [1.165, 1.54) is 0 Å². The first-order chi connectivity index (χ1) is 7.45. The van der Waals surface area contributed by atoms with E-state index >= 15 is 0 Å².